The summed E-state index contributed by atoms with van der Waals surface area (Å²) < 4.78 is 19.1. The van der Waals surface area contributed by atoms with E-state index < -0.39 is 11.1 Å². The highest BCUT2D eigenvalue weighted by atomic mass is 32.2. The number of aryl methyl sites for hydroxylation is 1. The predicted octanol–water partition coefficient (Wildman–Crippen LogP) is 4.67. The summed E-state index contributed by atoms with van der Waals surface area (Å²) in [5.74, 6) is 0.493. The molecule has 0 aliphatic rings. The summed E-state index contributed by atoms with van der Waals surface area (Å²) in [6, 6.07) is 7.82. The maximum Gasteiger partial charge on any atom is 0.224 e. The third kappa shape index (κ3) is 10.2. The minimum Gasteiger partial charge on any atom is -0.326 e. The Labute approximate surface area is 142 Å². The highest BCUT2D eigenvalue weighted by Crippen LogP contribution is 2.14. The summed E-state index contributed by atoms with van der Waals surface area (Å²) in [6.45, 7) is 1.99. The van der Waals surface area contributed by atoms with Gasteiger partial charge in [0.1, 0.15) is 0 Å². The number of hydrogen-bond acceptors (Lipinski definition) is 2. The van der Waals surface area contributed by atoms with Crippen LogP contribution in [0, 0.1) is 6.92 Å². The molecule has 23 heavy (non-hydrogen) atoms. The molecule has 0 radical (unpaired) electrons. The van der Waals surface area contributed by atoms with Gasteiger partial charge in [0.2, 0.25) is 5.91 Å². The van der Waals surface area contributed by atoms with Crippen LogP contribution in [0.5, 0.6) is 0 Å². The lowest BCUT2D eigenvalue weighted by Crippen LogP contribution is -2.11. The van der Waals surface area contributed by atoms with Crippen LogP contribution in [0.25, 0.3) is 0 Å². The zero-order valence-electron chi connectivity index (χ0n) is 14.1. The van der Waals surface area contributed by atoms with Gasteiger partial charge in [0.05, 0.1) is 0 Å². The summed E-state index contributed by atoms with van der Waals surface area (Å²) in [5, 5.41) is 2.96. The number of anilines is 1. The molecule has 2 N–H and O–H groups in total. The molecule has 0 aliphatic heterocycles. The summed E-state index contributed by atoms with van der Waals surface area (Å²) in [5.41, 5.74) is 1.99. The van der Waals surface area contributed by atoms with Crippen molar-refractivity contribution in [2.45, 2.75) is 64.7 Å². The van der Waals surface area contributed by atoms with Crippen molar-refractivity contribution in [3.8, 4) is 0 Å². The molecule has 0 saturated carbocycles. The first-order valence-corrected chi connectivity index (χ1v) is 9.80. The maximum absolute atomic E-state index is 11.9. The molecule has 5 heteroatoms. The van der Waals surface area contributed by atoms with Crippen LogP contribution in [0.15, 0.2) is 24.3 Å². The first-order chi connectivity index (χ1) is 11.1. The van der Waals surface area contributed by atoms with E-state index in [1.807, 2.05) is 31.2 Å². The molecule has 1 aromatic rings. The molecule has 1 amide bonds. The van der Waals surface area contributed by atoms with Gasteiger partial charge in [0.25, 0.3) is 0 Å². The van der Waals surface area contributed by atoms with Crippen molar-refractivity contribution in [3.63, 3.8) is 0 Å². The summed E-state index contributed by atoms with van der Waals surface area (Å²) in [4.78, 5) is 11.9. The topological polar surface area (TPSA) is 66.4 Å². The Morgan fingerprint density at radius 3 is 2.17 bits per heavy atom. The molecule has 130 valence electrons. The van der Waals surface area contributed by atoms with Gasteiger partial charge in [-0.2, -0.15) is 0 Å². The molecular weight excluding hydrogens is 310 g/mol. The Bertz CT molecular complexity index is 491. The van der Waals surface area contributed by atoms with Crippen LogP contribution in [-0.2, 0) is 15.9 Å². The van der Waals surface area contributed by atoms with Crippen molar-refractivity contribution in [3.05, 3.63) is 29.8 Å². The van der Waals surface area contributed by atoms with Gasteiger partial charge in [-0.1, -0.05) is 56.7 Å². The summed E-state index contributed by atoms with van der Waals surface area (Å²) in [7, 11) is 0. The van der Waals surface area contributed by atoms with Crippen molar-refractivity contribution in [2.24, 2.45) is 0 Å². The SMILES string of the molecule is Cc1ccccc1NC(=O)CCCCCCCCCCS(=O)O. The standard InChI is InChI=1S/C18H29NO3S/c1-16-12-9-10-13-17(16)19-18(20)14-8-6-4-2-3-5-7-11-15-23(21)22/h9-10,12-13H,2-8,11,14-15H2,1H3,(H,19,20)(H,21,22). The third-order valence-electron chi connectivity index (χ3n) is 3.89. The van der Waals surface area contributed by atoms with E-state index in [0.717, 1.165) is 49.8 Å². The third-order valence-corrected chi connectivity index (χ3v) is 4.53. The lowest BCUT2D eigenvalue weighted by Gasteiger charge is -2.08. The largest absolute Gasteiger partial charge is 0.326 e. The molecule has 1 aromatic carbocycles. The fraction of sp³-hybridized carbons (Fsp3) is 0.611. The van der Waals surface area contributed by atoms with Gasteiger partial charge < -0.3 is 9.87 Å². The van der Waals surface area contributed by atoms with Crippen LogP contribution in [0.1, 0.15) is 63.4 Å². The Morgan fingerprint density at radius 1 is 1.00 bits per heavy atom. The van der Waals surface area contributed by atoms with Gasteiger partial charge in [0.15, 0.2) is 11.1 Å². The molecule has 1 rings (SSSR count). The van der Waals surface area contributed by atoms with E-state index in [4.69, 9.17) is 4.55 Å². The Morgan fingerprint density at radius 2 is 1.57 bits per heavy atom. The fourth-order valence-corrected chi connectivity index (χ4v) is 2.95. The first-order valence-electron chi connectivity index (χ1n) is 8.52. The number of carbonyl (C=O) groups is 1. The normalized spacial score (nSPS) is 12.1. The van der Waals surface area contributed by atoms with E-state index >= 15 is 0 Å². The van der Waals surface area contributed by atoms with Crippen LogP contribution >= 0.6 is 0 Å². The Kier molecular flexibility index (Phi) is 10.6. The predicted molar refractivity (Wildman–Crippen MR) is 97.0 cm³/mol. The van der Waals surface area contributed by atoms with Gasteiger partial charge in [-0.15, -0.1) is 0 Å². The monoisotopic (exact) mass is 339 g/mol. The highest BCUT2D eigenvalue weighted by Gasteiger charge is 2.03. The number of amides is 1. The van der Waals surface area contributed by atoms with Crippen molar-refractivity contribution in [1.82, 2.24) is 0 Å². The number of benzene rings is 1. The number of para-hydroxylation sites is 1. The number of carbonyl (C=O) groups excluding carboxylic acids is 1. The maximum atomic E-state index is 11.9. The second kappa shape index (κ2) is 12.3. The van der Waals surface area contributed by atoms with E-state index in [9.17, 15) is 9.00 Å². The molecule has 0 bridgehead atoms. The Balaban J connectivity index is 1.95. The lowest BCUT2D eigenvalue weighted by molar-refractivity contribution is -0.116. The fourth-order valence-electron chi connectivity index (χ4n) is 2.50. The molecule has 0 aromatic heterocycles. The van der Waals surface area contributed by atoms with E-state index in [1.165, 1.54) is 12.8 Å². The van der Waals surface area contributed by atoms with Crippen molar-refractivity contribution in [2.75, 3.05) is 11.1 Å². The number of unbranched alkanes of at least 4 members (excludes halogenated alkanes) is 7. The van der Waals surface area contributed by atoms with Crippen LogP contribution in [0.3, 0.4) is 0 Å². The lowest BCUT2D eigenvalue weighted by atomic mass is 10.1. The minimum absolute atomic E-state index is 0.0938. The molecule has 0 aliphatic carbocycles. The molecular formula is C18H29NO3S. The summed E-state index contributed by atoms with van der Waals surface area (Å²) >= 11 is -1.64. The smallest absolute Gasteiger partial charge is 0.224 e. The Hall–Kier alpha value is -1.20. The zero-order chi connectivity index (χ0) is 16.9. The average molecular weight is 340 g/mol. The molecule has 0 saturated heterocycles. The van der Waals surface area contributed by atoms with Gasteiger partial charge in [-0.3, -0.25) is 4.79 Å². The van der Waals surface area contributed by atoms with E-state index in [0.29, 0.717) is 12.2 Å². The van der Waals surface area contributed by atoms with E-state index in [-0.39, 0.29) is 5.91 Å². The molecule has 0 spiro atoms. The van der Waals surface area contributed by atoms with Crippen molar-refractivity contribution < 1.29 is 13.6 Å². The quantitative estimate of drug-likeness (QED) is 0.430. The number of nitrogens with one attached hydrogen (secondary N) is 1. The molecule has 4 nitrogen and oxygen atoms in total. The van der Waals surface area contributed by atoms with E-state index in [1.54, 1.807) is 0 Å². The average Bonchev–Trinajstić information content (AvgIpc) is 2.51. The van der Waals surface area contributed by atoms with Crippen molar-refractivity contribution >= 4 is 22.7 Å². The zero-order valence-corrected chi connectivity index (χ0v) is 14.9. The van der Waals surface area contributed by atoms with Crippen LogP contribution < -0.4 is 5.32 Å². The molecule has 1 unspecified atom stereocenters. The number of rotatable bonds is 12. The molecule has 0 heterocycles. The second-order valence-electron chi connectivity index (χ2n) is 5.97. The first kappa shape index (κ1) is 19.8. The van der Waals surface area contributed by atoms with E-state index in [2.05, 4.69) is 5.32 Å². The van der Waals surface area contributed by atoms with Crippen LogP contribution in [0.2, 0.25) is 0 Å². The van der Waals surface area contributed by atoms with Gasteiger partial charge in [-0.25, -0.2) is 4.21 Å². The van der Waals surface area contributed by atoms with Gasteiger partial charge in [-0.05, 0) is 31.4 Å². The van der Waals surface area contributed by atoms with Crippen LogP contribution in [0.4, 0.5) is 5.69 Å². The highest BCUT2D eigenvalue weighted by molar-refractivity contribution is 7.79. The second-order valence-corrected chi connectivity index (χ2v) is 7.02. The van der Waals surface area contributed by atoms with Gasteiger partial charge >= 0.3 is 0 Å². The molecule has 0 fully saturated rings. The number of hydrogen-bond donors (Lipinski definition) is 2. The minimum atomic E-state index is -1.64. The summed E-state index contributed by atoms with van der Waals surface area (Å²) in [6.07, 6.45) is 9.11. The van der Waals surface area contributed by atoms with Gasteiger partial charge in [0, 0.05) is 17.9 Å². The molecule has 1 atom stereocenters. The van der Waals surface area contributed by atoms with Crippen LogP contribution in [-0.4, -0.2) is 20.4 Å². The van der Waals surface area contributed by atoms with Crippen molar-refractivity contribution in [1.29, 1.82) is 0 Å².